The molecular weight excluding hydrogens is 283 g/mol. The Morgan fingerprint density at radius 1 is 1.53 bits per heavy atom. The minimum Gasteiger partial charge on any atom is -0.409 e. The fourth-order valence-electron chi connectivity index (χ4n) is 1.52. The second-order valence-corrected chi connectivity index (χ2v) is 4.25. The van der Waals surface area contributed by atoms with Crippen LogP contribution in [0.2, 0.25) is 5.02 Å². The van der Waals surface area contributed by atoms with Gasteiger partial charge in [-0.2, -0.15) is 13.2 Å². The zero-order chi connectivity index (χ0) is 14.6. The summed E-state index contributed by atoms with van der Waals surface area (Å²) in [5.41, 5.74) is 4.32. The monoisotopic (exact) mass is 295 g/mol. The van der Waals surface area contributed by atoms with Crippen LogP contribution in [0.4, 0.5) is 18.9 Å². The first-order valence-corrected chi connectivity index (χ1v) is 5.78. The molecule has 0 aliphatic heterocycles. The number of anilines is 1. The number of rotatable bonds is 4. The summed E-state index contributed by atoms with van der Waals surface area (Å²) in [6.45, 7) is 1.69. The Kier molecular flexibility index (Phi) is 4.88. The van der Waals surface area contributed by atoms with E-state index < -0.39 is 17.8 Å². The number of amidine groups is 1. The third-order valence-electron chi connectivity index (χ3n) is 2.50. The lowest BCUT2D eigenvalue weighted by Gasteiger charge is -2.20. The van der Waals surface area contributed by atoms with Gasteiger partial charge in [-0.1, -0.05) is 23.7 Å². The van der Waals surface area contributed by atoms with Gasteiger partial charge in [-0.3, -0.25) is 0 Å². The van der Waals surface area contributed by atoms with Crippen LogP contribution in [0.5, 0.6) is 0 Å². The Morgan fingerprint density at radius 2 is 2.16 bits per heavy atom. The van der Waals surface area contributed by atoms with Gasteiger partial charge in [-0.15, -0.1) is 0 Å². The van der Waals surface area contributed by atoms with E-state index in [0.29, 0.717) is 6.42 Å². The third kappa shape index (κ3) is 3.92. The SMILES string of the molecule is CCC(Nc1ccc(Cl)cc1C(F)(F)F)C(N)=NO. The van der Waals surface area contributed by atoms with Gasteiger partial charge in [0.05, 0.1) is 11.6 Å². The molecule has 1 aromatic rings. The van der Waals surface area contributed by atoms with Crippen LogP contribution in [-0.4, -0.2) is 17.1 Å². The quantitative estimate of drug-likeness (QED) is 0.345. The summed E-state index contributed by atoms with van der Waals surface area (Å²) in [6.07, 6.45) is -4.19. The minimum atomic E-state index is -4.54. The Labute approximate surface area is 113 Å². The Bertz CT molecular complexity index is 477. The summed E-state index contributed by atoms with van der Waals surface area (Å²) in [6, 6.07) is 2.66. The molecule has 4 N–H and O–H groups in total. The second kappa shape index (κ2) is 6.01. The number of benzene rings is 1. The van der Waals surface area contributed by atoms with Gasteiger partial charge in [0.1, 0.15) is 0 Å². The van der Waals surface area contributed by atoms with E-state index in [1.54, 1.807) is 6.92 Å². The summed E-state index contributed by atoms with van der Waals surface area (Å²) in [5, 5.41) is 13.9. The minimum absolute atomic E-state index is 0.0188. The third-order valence-corrected chi connectivity index (χ3v) is 2.73. The predicted molar refractivity (Wildman–Crippen MR) is 67.6 cm³/mol. The number of oxime groups is 1. The second-order valence-electron chi connectivity index (χ2n) is 3.82. The van der Waals surface area contributed by atoms with E-state index in [2.05, 4.69) is 10.5 Å². The number of halogens is 4. The van der Waals surface area contributed by atoms with Gasteiger partial charge in [0.25, 0.3) is 0 Å². The normalized spacial score (nSPS) is 14.3. The topological polar surface area (TPSA) is 70.6 Å². The standard InChI is InChI=1S/C11H13ClF3N3O/c1-2-8(10(16)18-19)17-9-4-3-6(12)5-7(9)11(13,14)15/h3-5,8,17,19H,2H2,1H3,(H2,16,18). The van der Waals surface area contributed by atoms with Crippen molar-refractivity contribution in [2.45, 2.75) is 25.6 Å². The zero-order valence-electron chi connectivity index (χ0n) is 10.0. The Hall–Kier alpha value is -1.63. The van der Waals surface area contributed by atoms with Crippen LogP contribution in [0, 0.1) is 0 Å². The maximum absolute atomic E-state index is 12.9. The van der Waals surface area contributed by atoms with Crippen molar-refractivity contribution in [3.63, 3.8) is 0 Å². The molecule has 1 atom stereocenters. The summed E-state index contributed by atoms with van der Waals surface area (Å²) in [7, 11) is 0. The molecule has 0 saturated heterocycles. The molecular formula is C11H13ClF3N3O. The molecule has 0 heterocycles. The highest BCUT2D eigenvalue weighted by atomic mass is 35.5. The van der Waals surface area contributed by atoms with E-state index in [1.165, 1.54) is 12.1 Å². The van der Waals surface area contributed by atoms with Crippen molar-refractivity contribution in [3.05, 3.63) is 28.8 Å². The molecule has 8 heteroatoms. The summed E-state index contributed by atoms with van der Waals surface area (Å²) < 4.78 is 38.6. The highest BCUT2D eigenvalue weighted by Gasteiger charge is 2.34. The molecule has 0 fully saturated rings. The van der Waals surface area contributed by atoms with Gasteiger partial charge in [-0.05, 0) is 24.6 Å². The molecule has 106 valence electrons. The molecule has 4 nitrogen and oxygen atoms in total. The van der Waals surface area contributed by atoms with E-state index in [1.807, 2.05) is 0 Å². The van der Waals surface area contributed by atoms with Crippen molar-refractivity contribution in [2.75, 3.05) is 5.32 Å². The molecule has 0 aromatic heterocycles. The fourth-order valence-corrected chi connectivity index (χ4v) is 1.69. The molecule has 0 amide bonds. The summed E-state index contributed by atoms with van der Waals surface area (Å²) in [4.78, 5) is 0. The average molecular weight is 296 g/mol. The predicted octanol–water partition coefficient (Wildman–Crippen LogP) is 3.30. The highest BCUT2D eigenvalue weighted by molar-refractivity contribution is 6.30. The lowest BCUT2D eigenvalue weighted by Crippen LogP contribution is -2.35. The van der Waals surface area contributed by atoms with Crippen molar-refractivity contribution < 1.29 is 18.4 Å². The first kappa shape index (κ1) is 15.4. The first-order chi connectivity index (χ1) is 8.79. The molecule has 0 radical (unpaired) electrons. The number of hydrogen-bond donors (Lipinski definition) is 3. The van der Waals surface area contributed by atoms with Gasteiger partial charge in [0, 0.05) is 10.7 Å². The average Bonchev–Trinajstić information content (AvgIpc) is 2.35. The lowest BCUT2D eigenvalue weighted by atomic mass is 10.1. The van der Waals surface area contributed by atoms with Crippen LogP contribution in [0.25, 0.3) is 0 Å². The smallest absolute Gasteiger partial charge is 0.409 e. The Balaban J connectivity index is 3.14. The van der Waals surface area contributed by atoms with E-state index in [-0.39, 0.29) is 16.5 Å². The van der Waals surface area contributed by atoms with Crippen LogP contribution in [0.15, 0.2) is 23.4 Å². The van der Waals surface area contributed by atoms with Crippen molar-refractivity contribution in [3.8, 4) is 0 Å². The molecule has 0 saturated carbocycles. The van der Waals surface area contributed by atoms with E-state index >= 15 is 0 Å². The van der Waals surface area contributed by atoms with Crippen LogP contribution in [-0.2, 0) is 6.18 Å². The number of hydrogen-bond acceptors (Lipinski definition) is 3. The molecule has 0 bridgehead atoms. The van der Waals surface area contributed by atoms with E-state index in [9.17, 15) is 13.2 Å². The van der Waals surface area contributed by atoms with Crippen molar-refractivity contribution >= 4 is 23.1 Å². The van der Waals surface area contributed by atoms with E-state index in [4.69, 9.17) is 22.5 Å². The summed E-state index contributed by atoms with van der Waals surface area (Å²) >= 11 is 5.57. The Morgan fingerprint density at radius 3 is 2.63 bits per heavy atom. The zero-order valence-corrected chi connectivity index (χ0v) is 10.8. The van der Waals surface area contributed by atoms with Crippen LogP contribution < -0.4 is 11.1 Å². The number of alkyl halides is 3. The van der Waals surface area contributed by atoms with Crippen molar-refractivity contribution in [2.24, 2.45) is 10.9 Å². The molecule has 0 aliphatic rings. The first-order valence-electron chi connectivity index (χ1n) is 5.40. The van der Waals surface area contributed by atoms with Crippen LogP contribution >= 0.6 is 11.6 Å². The van der Waals surface area contributed by atoms with Gasteiger partial charge in [-0.25, -0.2) is 0 Å². The molecule has 19 heavy (non-hydrogen) atoms. The van der Waals surface area contributed by atoms with Gasteiger partial charge in [0.15, 0.2) is 5.84 Å². The summed E-state index contributed by atoms with van der Waals surface area (Å²) in [5.74, 6) is -0.189. The largest absolute Gasteiger partial charge is 0.418 e. The number of nitrogens with zero attached hydrogens (tertiary/aromatic N) is 1. The number of nitrogens with one attached hydrogen (secondary N) is 1. The van der Waals surface area contributed by atoms with Gasteiger partial charge in [0.2, 0.25) is 0 Å². The number of nitrogens with two attached hydrogens (primary N) is 1. The van der Waals surface area contributed by atoms with Crippen molar-refractivity contribution in [1.82, 2.24) is 0 Å². The molecule has 1 aromatic carbocycles. The van der Waals surface area contributed by atoms with Gasteiger partial charge < -0.3 is 16.3 Å². The van der Waals surface area contributed by atoms with Gasteiger partial charge >= 0.3 is 6.18 Å². The lowest BCUT2D eigenvalue weighted by molar-refractivity contribution is -0.136. The maximum atomic E-state index is 12.9. The van der Waals surface area contributed by atoms with Crippen LogP contribution in [0.3, 0.4) is 0 Å². The highest BCUT2D eigenvalue weighted by Crippen LogP contribution is 2.36. The fraction of sp³-hybridized carbons (Fsp3) is 0.364. The molecule has 1 unspecified atom stereocenters. The molecule has 0 spiro atoms. The molecule has 0 aliphatic carbocycles. The van der Waals surface area contributed by atoms with E-state index in [0.717, 1.165) is 6.07 Å². The molecule has 1 rings (SSSR count). The maximum Gasteiger partial charge on any atom is 0.418 e. The van der Waals surface area contributed by atoms with Crippen molar-refractivity contribution in [1.29, 1.82) is 0 Å². The van der Waals surface area contributed by atoms with Crippen LogP contribution in [0.1, 0.15) is 18.9 Å².